The van der Waals surface area contributed by atoms with Crippen LogP contribution < -0.4 is 0 Å². The maximum atomic E-state index is 5.87. The van der Waals surface area contributed by atoms with Crippen molar-refractivity contribution in [3.63, 3.8) is 0 Å². The zero-order valence-electron chi connectivity index (χ0n) is 18.0. The summed E-state index contributed by atoms with van der Waals surface area (Å²) >= 11 is 0. The Balaban J connectivity index is 1.19. The van der Waals surface area contributed by atoms with Gasteiger partial charge in [-0.1, -0.05) is 86.0 Å². The summed E-state index contributed by atoms with van der Waals surface area (Å²) in [5.41, 5.74) is 4.32. The van der Waals surface area contributed by atoms with Crippen molar-refractivity contribution in [3.05, 3.63) is 96.3 Å². The normalized spacial score (nSPS) is 24.8. The second kappa shape index (κ2) is 11.1. The first-order valence-corrected chi connectivity index (χ1v) is 10.7. The third kappa shape index (κ3) is 5.64. The largest absolute Gasteiger partial charge is 0.493 e. The van der Waals surface area contributed by atoms with Crippen LogP contribution in [0.1, 0.15) is 22.3 Å². The van der Waals surface area contributed by atoms with E-state index >= 15 is 0 Å². The van der Waals surface area contributed by atoms with Crippen LogP contribution in [0, 0.1) is 0 Å². The van der Waals surface area contributed by atoms with Crippen LogP contribution in [-0.4, -0.2) is 44.2 Å². The molecular formula is C27H28O5. The van der Waals surface area contributed by atoms with Crippen molar-refractivity contribution in [1.29, 1.82) is 0 Å². The second-order valence-corrected chi connectivity index (χ2v) is 7.64. The molecule has 5 heteroatoms. The first-order chi connectivity index (χ1) is 15.8. The lowest BCUT2D eigenvalue weighted by Gasteiger charge is -2.15. The fourth-order valence-electron chi connectivity index (χ4n) is 3.68. The molecule has 5 nitrogen and oxygen atoms in total. The van der Waals surface area contributed by atoms with Crippen LogP contribution >= 0.6 is 0 Å². The van der Waals surface area contributed by atoms with E-state index in [4.69, 9.17) is 24.0 Å². The summed E-state index contributed by atoms with van der Waals surface area (Å²) in [6.07, 6.45) is 10.3. The molecule has 2 heterocycles. The van der Waals surface area contributed by atoms with Gasteiger partial charge in [0, 0.05) is 0 Å². The average molecular weight is 433 g/mol. The second-order valence-electron chi connectivity index (χ2n) is 7.64. The van der Waals surface area contributed by atoms with E-state index in [1.807, 2.05) is 78.9 Å². The Bertz CT molecular complexity index is 945. The van der Waals surface area contributed by atoms with Crippen molar-refractivity contribution in [3.8, 4) is 0 Å². The fraction of sp³-hybridized carbons (Fsp3) is 0.259. The van der Waals surface area contributed by atoms with Gasteiger partial charge in [-0.15, -0.1) is 0 Å². The number of fused-ring (bicyclic) bond motifs is 1. The molecule has 2 fully saturated rings. The highest BCUT2D eigenvalue weighted by atomic mass is 17.2. The van der Waals surface area contributed by atoms with Crippen LogP contribution in [0.25, 0.3) is 24.3 Å². The summed E-state index contributed by atoms with van der Waals surface area (Å²) in [4.78, 5) is 10.9. The molecule has 0 N–H and O–H groups in total. The summed E-state index contributed by atoms with van der Waals surface area (Å²) in [7, 11) is 0. The SMILES string of the molecule is C=Cc1ccc(/C=C/COOC2COC3C(O/C=C/c4ccc(C=C)cc4)COC23)cc1. The molecule has 2 saturated heterocycles. The topological polar surface area (TPSA) is 46.2 Å². The van der Waals surface area contributed by atoms with Gasteiger partial charge >= 0.3 is 0 Å². The Kier molecular flexibility index (Phi) is 7.69. The van der Waals surface area contributed by atoms with Crippen molar-refractivity contribution in [1.82, 2.24) is 0 Å². The Morgan fingerprint density at radius 3 is 1.91 bits per heavy atom. The zero-order chi connectivity index (χ0) is 22.2. The van der Waals surface area contributed by atoms with Crippen LogP contribution in [0.15, 0.2) is 74.0 Å². The van der Waals surface area contributed by atoms with E-state index in [2.05, 4.69) is 13.2 Å². The molecule has 4 rings (SSSR count). The number of hydrogen-bond donors (Lipinski definition) is 0. The number of benzene rings is 2. The Morgan fingerprint density at radius 1 is 0.750 bits per heavy atom. The van der Waals surface area contributed by atoms with Crippen molar-refractivity contribution < 1.29 is 24.0 Å². The van der Waals surface area contributed by atoms with E-state index in [1.54, 1.807) is 6.26 Å². The van der Waals surface area contributed by atoms with Gasteiger partial charge in [0.15, 0.2) is 0 Å². The Morgan fingerprint density at radius 2 is 1.28 bits per heavy atom. The molecule has 0 radical (unpaired) electrons. The summed E-state index contributed by atoms with van der Waals surface area (Å²) in [6, 6.07) is 16.1. The highest BCUT2D eigenvalue weighted by molar-refractivity contribution is 5.55. The minimum atomic E-state index is -0.274. The van der Waals surface area contributed by atoms with Gasteiger partial charge < -0.3 is 14.2 Å². The molecule has 4 unspecified atom stereocenters. The van der Waals surface area contributed by atoms with E-state index in [0.29, 0.717) is 19.8 Å². The monoisotopic (exact) mass is 432 g/mol. The Labute approximate surface area is 189 Å². The minimum Gasteiger partial charge on any atom is -0.493 e. The van der Waals surface area contributed by atoms with Gasteiger partial charge in [-0.25, -0.2) is 9.78 Å². The molecule has 166 valence electrons. The van der Waals surface area contributed by atoms with E-state index in [1.165, 1.54) is 0 Å². The maximum absolute atomic E-state index is 5.87. The molecule has 0 aliphatic carbocycles. The molecule has 0 saturated carbocycles. The maximum Gasteiger partial charge on any atom is 0.150 e. The van der Waals surface area contributed by atoms with Gasteiger partial charge in [0.1, 0.15) is 31.0 Å². The smallest absolute Gasteiger partial charge is 0.150 e. The Hall–Kier alpha value is -2.96. The average Bonchev–Trinajstić information content (AvgIpc) is 3.43. The molecular weight excluding hydrogens is 404 g/mol. The molecule has 2 aliphatic rings. The highest BCUT2D eigenvalue weighted by Crippen LogP contribution is 2.30. The number of hydrogen-bond acceptors (Lipinski definition) is 5. The summed E-state index contributed by atoms with van der Waals surface area (Å²) in [5.74, 6) is 0. The lowest BCUT2D eigenvalue weighted by molar-refractivity contribution is -0.326. The molecule has 32 heavy (non-hydrogen) atoms. The predicted octanol–water partition coefficient (Wildman–Crippen LogP) is 5.16. The van der Waals surface area contributed by atoms with Crippen molar-refractivity contribution in [2.24, 2.45) is 0 Å². The van der Waals surface area contributed by atoms with Gasteiger partial charge in [-0.2, -0.15) is 0 Å². The van der Waals surface area contributed by atoms with Gasteiger partial charge in [0.05, 0.1) is 19.5 Å². The summed E-state index contributed by atoms with van der Waals surface area (Å²) in [6.45, 7) is 8.72. The van der Waals surface area contributed by atoms with Crippen molar-refractivity contribution >= 4 is 24.3 Å². The molecule has 2 aromatic carbocycles. The molecule has 2 aromatic rings. The van der Waals surface area contributed by atoms with Crippen LogP contribution in [0.2, 0.25) is 0 Å². The third-order valence-corrected chi connectivity index (χ3v) is 5.49. The van der Waals surface area contributed by atoms with Crippen molar-refractivity contribution in [2.75, 3.05) is 19.8 Å². The van der Waals surface area contributed by atoms with Crippen LogP contribution in [0.3, 0.4) is 0 Å². The zero-order valence-corrected chi connectivity index (χ0v) is 18.0. The first-order valence-electron chi connectivity index (χ1n) is 10.7. The van der Waals surface area contributed by atoms with E-state index in [9.17, 15) is 0 Å². The van der Waals surface area contributed by atoms with E-state index in [0.717, 1.165) is 22.3 Å². The predicted molar refractivity (Wildman–Crippen MR) is 126 cm³/mol. The van der Waals surface area contributed by atoms with Gasteiger partial charge in [-0.3, -0.25) is 0 Å². The van der Waals surface area contributed by atoms with Gasteiger partial charge in [0.25, 0.3) is 0 Å². The summed E-state index contributed by atoms with van der Waals surface area (Å²) < 4.78 is 17.6. The molecule has 2 aliphatic heterocycles. The van der Waals surface area contributed by atoms with Crippen molar-refractivity contribution in [2.45, 2.75) is 24.4 Å². The third-order valence-electron chi connectivity index (χ3n) is 5.49. The van der Waals surface area contributed by atoms with E-state index < -0.39 is 0 Å². The van der Waals surface area contributed by atoms with Gasteiger partial charge in [0.2, 0.25) is 0 Å². The van der Waals surface area contributed by atoms with Crippen LogP contribution in [-0.2, 0) is 24.0 Å². The quantitative estimate of drug-likeness (QED) is 0.225. The molecule has 0 spiro atoms. The number of ether oxygens (including phenoxy) is 3. The molecule has 0 bridgehead atoms. The van der Waals surface area contributed by atoms with Crippen LogP contribution in [0.4, 0.5) is 0 Å². The standard InChI is InChI=1S/C27H28O5/c1-3-20-7-11-22(12-8-20)6-5-16-31-32-25-19-30-26-24(18-29-27(25)26)28-17-15-23-13-9-21(4-2)10-14-23/h3-15,17,24-27H,1-2,16,18-19H2/b6-5+,17-15+. The first kappa shape index (κ1) is 22.2. The highest BCUT2D eigenvalue weighted by Gasteiger charge is 2.49. The molecule has 0 amide bonds. The van der Waals surface area contributed by atoms with Crippen LogP contribution in [0.5, 0.6) is 0 Å². The molecule has 4 atom stereocenters. The van der Waals surface area contributed by atoms with E-state index in [-0.39, 0.29) is 24.4 Å². The molecule has 0 aromatic heterocycles. The minimum absolute atomic E-state index is 0.171. The fourth-order valence-corrected chi connectivity index (χ4v) is 3.68. The van der Waals surface area contributed by atoms with Gasteiger partial charge in [-0.05, 0) is 28.3 Å². The lowest BCUT2D eigenvalue weighted by atomic mass is 10.1. The lowest BCUT2D eigenvalue weighted by Crippen LogP contribution is -2.33. The number of rotatable bonds is 10. The summed E-state index contributed by atoms with van der Waals surface area (Å²) in [5, 5.41) is 0.